The summed E-state index contributed by atoms with van der Waals surface area (Å²) < 4.78 is 0. The molecule has 3 rings (SSSR count). The standard InChI is InChI=1S/C21H25N3O2.ClH/c22-19-8-4-7-18(14-19)21(26)23-15-20(25)24-11-9-17(10-12-24)13-16-5-2-1-3-6-16;/h1-8,14,17H,9-13,15,22H2,(H,23,26);1H. The highest BCUT2D eigenvalue weighted by Crippen LogP contribution is 2.21. The molecule has 144 valence electrons. The monoisotopic (exact) mass is 387 g/mol. The number of hydrogen-bond acceptors (Lipinski definition) is 3. The maximum Gasteiger partial charge on any atom is 0.251 e. The summed E-state index contributed by atoms with van der Waals surface area (Å²) in [7, 11) is 0. The quantitative estimate of drug-likeness (QED) is 0.774. The van der Waals surface area contributed by atoms with E-state index in [1.54, 1.807) is 24.3 Å². The first-order valence-corrected chi connectivity index (χ1v) is 9.07. The van der Waals surface area contributed by atoms with Gasteiger partial charge in [-0.15, -0.1) is 12.4 Å². The number of nitrogens with zero attached hydrogens (tertiary/aromatic N) is 1. The Morgan fingerprint density at radius 3 is 2.41 bits per heavy atom. The van der Waals surface area contributed by atoms with Gasteiger partial charge in [0.15, 0.2) is 0 Å². The molecule has 0 radical (unpaired) electrons. The van der Waals surface area contributed by atoms with Crippen molar-refractivity contribution in [2.75, 3.05) is 25.4 Å². The van der Waals surface area contributed by atoms with Gasteiger partial charge >= 0.3 is 0 Å². The van der Waals surface area contributed by atoms with Crippen LogP contribution in [0.2, 0.25) is 0 Å². The smallest absolute Gasteiger partial charge is 0.251 e. The van der Waals surface area contributed by atoms with Crippen molar-refractivity contribution in [3.05, 3.63) is 65.7 Å². The molecule has 0 unspecified atom stereocenters. The van der Waals surface area contributed by atoms with Gasteiger partial charge in [0.1, 0.15) is 0 Å². The lowest BCUT2D eigenvalue weighted by Crippen LogP contribution is -2.44. The Labute approximate surface area is 166 Å². The van der Waals surface area contributed by atoms with Crippen LogP contribution in [-0.2, 0) is 11.2 Å². The predicted octanol–water partition coefficient (Wildman–Crippen LogP) is 2.90. The zero-order valence-corrected chi connectivity index (χ0v) is 16.1. The molecule has 0 bridgehead atoms. The van der Waals surface area contributed by atoms with Gasteiger partial charge in [-0.05, 0) is 48.9 Å². The summed E-state index contributed by atoms with van der Waals surface area (Å²) in [5, 5.41) is 2.69. The molecule has 0 aromatic heterocycles. The summed E-state index contributed by atoms with van der Waals surface area (Å²) in [5.74, 6) is 0.313. The average Bonchev–Trinajstić information content (AvgIpc) is 2.67. The Kier molecular flexibility index (Phi) is 7.67. The summed E-state index contributed by atoms with van der Waals surface area (Å²) in [5.41, 5.74) is 8.04. The number of benzene rings is 2. The van der Waals surface area contributed by atoms with E-state index in [9.17, 15) is 9.59 Å². The average molecular weight is 388 g/mol. The zero-order valence-electron chi connectivity index (χ0n) is 15.3. The second kappa shape index (κ2) is 9.97. The van der Waals surface area contributed by atoms with Crippen LogP contribution in [0.1, 0.15) is 28.8 Å². The van der Waals surface area contributed by atoms with E-state index in [2.05, 4.69) is 29.6 Å². The van der Waals surface area contributed by atoms with Gasteiger partial charge in [0, 0.05) is 24.3 Å². The van der Waals surface area contributed by atoms with Gasteiger partial charge < -0.3 is 16.0 Å². The third-order valence-electron chi connectivity index (χ3n) is 4.88. The summed E-state index contributed by atoms with van der Waals surface area (Å²) in [6.45, 7) is 1.53. The van der Waals surface area contributed by atoms with Gasteiger partial charge in [-0.1, -0.05) is 36.4 Å². The highest BCUT2D eigenvalue weighted by molar-refractivity contribution is 5.97. The van der Waals surface area contributed by atoms with E-state index in [-0.39, 0.29) is 30.8 Å². The van der Waals surface area contributed by atoms with E-state index in [0.717, 1.165) is 32.4 Å². The summed E-state index contributed by atoms with van der Waals surface area (Å²) in [4.78, 5) is 26.3. The van der Waals surface area contributed by atoms with Gasteiger partial charge in [0.2, 0.25) is 5.91 Å². The number of nitrogens with one attached hydrogen (secondary N) is 1. The Hall–Kier alpha value is -2.53. The minimum atomic E-state index is -0.274. The number of amides is 2. The molecule has 0 aliphatic carbocycles. The van der Waals surface area contributed by atoms with Crippen molar-refractivity contribution in [1.82, 2.24) is 10.2 Å². The normalized spacial score (nSPS) is 14.3. The Bertz CT molecular complexity index is 759. The molecule has 27 heavy (non-hydrogen) atoms. The number of carbonyl (C=O) groups is 2. The first-order chi connectivity index (χ1) is 12.6. The van der Waals surface area contributed by atoms with E-state index in [4.69, 9.17) is 5.73 Å². The molecular weight excluding hydrogens is 362 g/mol. The number of hydrogen-bond donors (Lipinski definition) is 2. The van der Waals surface area contributed by atoms with E-state index < -0.39 is 0 Å². The summed E-state index contributed by atoms with van der Waals surface area (Å²) in [6, 6.07) is 17.2. The lowest BCUT2D eigenvalue weighted by atomic mass is 9.90. The number of halogens is 1. The SMILES string of the molecule is Cl.Nc1cccc(C(=O)NCC(=O)N2CCC(Cc3ccccc3)CC2)c1. The van der Waals surface area contributed by atoms with Gasteiger partial charge in [-0.2, -0.15) is 0 Å². The van der Waals surface area contributed by atoms with Crippen molar-refractivity contribution >= 4 is 29.9 Å². The molecule has 2 aromatic carbocycles. The van der Waals surface area contributed by atoms with Crippen LogP contribution in [0.4, 0.5) is 5.69 Å². The van der Waals surface area contributed by atoms with Crippen molar-refractivity contribution in [3.63, 3.8) is 0 Å². The van der Waals surface area contributed by atoms with Crippen LogP contribution in [0.25, 0.3) is 0 Å². The fraction of sp³-hybridized carbons (Fsp3) is 0.333. The van der Waals surface area contributed by atoms with E-state index in [1.807, 2.05) is 11.0 Å². The maximum atomic E-state index is 12.4. The molecule has 2 amide bonds. The van der Waals surface area contributed by atoms with Crippen LogP contribution >= 0.6 is 12.4 Å². The number of rotatable bonds is 5. The largest absolute Gasteiger partial charge is 0.399 e. The first-order valence-electron chi connectivity index (χ1n) is 9.07. The molecule has 1 fully saturated rings. The Morgan fingerprint density at radius 1 is 1.04 bits per heavy atom. The number of anilines is 1. The van der Waals surface area contributed by atoms with Crippen molar-refractivity contribution in [2.45, 2.75) is 19.3 Å². The minimum absolute atomic E-state index is 0. The Balaban J connectivity index is 0.00000261. The van der Waals surface area contributed by atoms with Crippen molar-refractivity contribution in [2.24, 2.45) is 5.92 Å². The van der Waals surface area contributed by atoms with Gasteiger partial charge in [0.05, 0.1) is 6.54 Å². The number of carbonyl (C=O) groups excluding carboxylic acids is 2. The highest BCUT2D eigenvalue weighted by atomic mass is 35.5. The Morgan fingerprint density at radius 2 is 1.74 bits per heavy atom. The summed E-state index contributed by atoms with van der Waals surface area (Å²) in [6.07, 6.45) is 3.07. The highest BCUT2D eigenvalue weighted by Gasteiger charge is 2.23. The fourth-order valence-corrected chi connectivity index (χ4v) is 3.38. The van der Waals surface area contributed by atoms with Gasteiger partial charge in [0.25, 0.3) is 5.91 Å². The van der Waals surface area contributed by atoms with E-state index >= 15 is 0 Å². The van der Waals surface area contributed by atoms with Crippen molar-refractivity contribution < 1.29 is 9.59 Å². The van der Waals surface area contributed by atoms with Crippen molar-refractivity contribution in [1.29, 1.82) is 0 Å². The number of nitrogens with two attached hydrogens (primary N) is 1. The van der Waals surface area contributed by atoms with Crippen LogP contribution in [0, 0.1) is 5.92 Å². The molecule has 0 spiro atoms. The topological polar surface area (TPSA) is 75.4 Å². The summed E-state index contributed by atoms with van der Waals surface area (Å²) >= 11 is 0. The zero-order chi connectivity index (χ0) is 18.4. The third kappa shape index (κ3) is 6.00. The van der Waals surface area contributed by atoms with Gasteiger partial charge in [-0.3, -0.25) is 9.59 Å². The van der Waals surface area contributed by atoms with Crippen LogP contribution in [0.5, 0.6) is 0 Å². The third-order valence-corrected chi connectivity index (χ3v) is 4.88. The number of likely N-dealkylation sites (tertiary alicyclic amines) is 1. The lowest BCUT2D eigenvalue weighted by Gasteiger charge is -2.32. The van der Waals surface area contributed by atoms with Gasteiger partial charge in [-0.25, -0.2) is 0 Å². The first kappa shape index (κ1) is 20.8. The molecule has 0 saturated carbocycles. The predicted molar refractivity (Wildman–Crippen MR) is 110 cm³/mol. The van der Waals surface area contributed by atoms with E-state index in [1.165, 1.54) is 5.56 Å². The maximum absolute atomic E-state index is 12.4. The van der Waals surface area contributed by atoms with Crippen LogP contribution in [0.15, 0.2) is 54.6 Å². The molecule has 0 atom stereocenters. The molecule has 1 heterocycles. The number of nitrogen functional groups attached to an aromatic ring is 1. The van der Waals surface area contributed by atoms with Crippen LogP contribution < -0.4 is 11.1 Å². The molecule has 3 N–H and O–H groups in total. The molecular formula is C21H26ClN3O2. The lowest BCUT2D eigenvalue weighted by molar-refractivity contribution is -0.131. The molecule has 2 aromatic rings. The number of piperidine rings is 1. The fourth-order valence-electron chi connectivity index (χ4n) is 3.38. The molecule has 1 aliphatic heterocycles. The van der Waals surface area contributed by atoms with Crippen LogP contribution in [0.3, 0.4) is 0 Å². The molecule has 5 nitrogen and oxygen atoms in total. The second-order valence-electron chi connectivity index (χ2n) is 6.82. The minimum Gasteiger partial charge on any atom is -0.399 e. The van der Waals surface area contributed by atoms with E-state index in [0.29, 0.717) is 17.2 Å². The second-order valence-corrected chi connectivity index (χ2v) is 6.82. The molecule has 6 heteroatoms. The molecule has 1 saturated heterocycles. The van der Waals surface area contributed by atoms with Crippen LogP contribution in [-0.4, -0.2) is 36.3 Å². The molecule has 1 aliphatic rings. The van der Waals surface area contributed by atoms with Crippen molar-refractivity contribution in [3.8, 4) is 0 Å².